The lowest BCUT2D eigenvalue weighted by Crippen LogP contribution is -2.31. The van der Waals surface area contributed by atoms with Crippen LogP contribution in [0.3, 0.4) is 0 Å². The summed E-state index contributed by atoms with van der Waals surface area (Å²) in [5.41, 5.74) is 0.186. The molecule has 0 rings (SSSR count). The summed E-state index contributed by atoms with van der Waals surface area (Å²) >= 11 is 16.7. The molecular formula is C9H15Br3Cl. The Morgan fingerprint density at radius 2 is 1.69 bits per heavy atom. The topological polar surface area (TPSA) is 0 Å². The molecule has 0 saturated carbocycles. The summed E-state index contributed by atoms with van der Waals surface area (Å²) < 4.78 is 0. The zero-order chi connectivity index (χ0) is 10.5. The average molecular weight is 398 g/mol. The van der Waals surface area contributed by atoms with Crippen molar-refractivity contribution in [2.75, 3.05) is 16.0 Å². The van der Waals surface area contributed by atoms with E-state index in [1.807, 2.05) is 0 Å². The summed E-state index contributed by atoms with van der Waals surface area (Å²) in [5.74, 6) is 0. The van der Waals surface area contributed by atoms with Crippen LogP contribution in [0.2, 0.25) is 0 Å². The average Bonchev–Trinajstić information content (AvgIpc) is 2.03. The maximum absolute atomic E-state index is 6.30. The SMILES string of the molecule is [CH2]C(Cl)(CCBr)CC(C)(CBr)CBr. The lowest BCUT2D eigenvalue weighted by Gasteiger charge is -2.33. The molecule has 1 radical (unpaired) electrons. The van der Waals surface area contributed by atoms with Crippen LogP contribution in [-0.4, -0.2) is 20.9 Å². The van der Waals surface area contributed by atoms with E-state index in [9.17, 15) is 0 Å². The zero-order valence-corrected chi connectivity index (χ0v) is 13.3. The van der Waals surface area contributed by atoms with E-state index in [0.717, 1.165) is 28.8 Å². The first kappa shape index (κ1) is 14.7. The van der Waals surface area contributed by atoms with Gasteiger partial charge in [0, 0.05) is 20.9 Å². The van der Waals surface area contributed by atoms with Gasteiger partial charge in [-0.25, -0.2) is 0 Å². The first-order valence-corrected chi connectivity index (χ1v) is 7.85. The lowest BCUT2D eigenvalue weighted by molar-refractivity contribution is 0.356. The van der Waals surface area contributed by atoms with Gasteiger partial charge in [-0.1, -0.05) is 54.7 Å². The quantitative estimate of drug-likeness (QED) is 0.566. The van der Waals surface area contributed by atoms with Crippen molar-refractivity contribution in [2.45, 2.75) is 24.6 Å². The van der Waals surface area contributed by atoms with Crippen molar-refractivity contribution in [2.24, 2.45) is 5.41 Å². The molecule has 4 heteroatoms. The van der Waals surface area contributed by atoms with Crippen molar-refractivity contribution < 1.29 is 0 Å². The molecular weight excluding hydrogens is 383 g/mol. The molecule has 79 valence electrons. The summed E-state index contributed by atoms with van der Waals surface area (Å²) in [6.07, 6.45) is 1.80. The molecule has 0 bridgehead atoms. The molecule has 13 heavy (non-hydrogen) atoms. The van der Waals surface area contributed by atoms with E-state index in [-0.39, 0.29) is 10.3 Å². The monoisotopic (exact) mass is 395 g/mol. The standard InChI is InChI=1S/C9H15Br3Cl/c1-8(6-11,7-12)5-9(2,13)3-4-10/h2-7H2,1H3. The molecule has 0 spiro atoms. The molecule has 0 amide bonds. The molecule has 0 aliphatic rings. The summed E-state index contributed by atoms with van der Waals surface area (Å²) in [5, 5.41) is 2.79. The molecule has 0 aromatic heterocycles. The van der Waals surface area contributed by atoms with Crippen LogP contribution in [0.1, 0.15) is 19.8 Å². The number of hydrogen-bond acceptors (Lipinski definition) is 0. The summed E-state index contributed by atoms with van der Waals surface area (Å²) in [7, 11) is 0. The van der Waals surface area contributed by atoms with Crippen molar-refractivity contribution in [3.8, 4) is 0 Å². The third kappa shape index (κ3) is 6.01. The van der Waals surface area contributed by atoms with Crippen LogP contribution in [-0.2, 0) is 0 Å². The first-order valence-electron chi connectivity index (χ1n) is 4.11. The Morgan fingerprint density at radius 1 is 1.23 bits per heavy atom. The maximum atomic E-state index is 6.30. The second kappa shape index (κ2) is 6.34. The van der Waals surface area contributed by atoms with Gasteiger partial charge < -0.3 is 0 Å². The van der Waals surface area contributed by atoms with Gasteiger partial charge in [-0.15, -0.1) is 11.6 Å². The van der Waals surface area contributed by atoms with Crippen LogP contribution in [0.15, 0.2) is 0 Å². The van der Waals surface area contributed by atoms with Crippen LogP contribution in [0.4, 0.5) is 0 Å². The molecule has 0 aliphatic heterocycles. The van der Waals surface area contributed by atoms with Gasteiger partial charge in [-0.3, -0.25) is 0 Å². The van der Waals surface area contributed by atoms with Gasteiger partial charge in [0.15, 0.2) is 0 Å². The minimum absolute atomic E-state index is 0.186. The van der Waals surface area contributed by atoms with Crippen LogP contribution >= 0.6 is 59.4 Å². The van der Waals surface area contributed by atoms with Crippen LogP contribution in [0, 0.1) is 12.3 Å². The van der Waals surface area contributed by atoms with Crippen LogP contribution in [0.5, 0.6) is 0 Å². The van der Waals surface area contributed by atoms with Crippen molar-refractivity contribution >= 4 is 59.4 Å². The van der Waals surface area contributed by atoms with Gasteiger partial charge in [-0.05, 0) is 25.2 Å². The highest BCUT2D eigenvalue weighted by molar-refractivity contribution is 9.10. The molecule has 0 N–H and O–H groups in total. The molecule has 0 aromatic rings. The van der Waals surface area contributed by atoms with Gasteiger partial charge in [0.25, 0.3) is 0 Å². The van der Waals surface area contributed by atoms with Crippen molar-refractivity contribution in [3.63, 3.8) is 0 Å². The minimum Gasteiger partial charge on any atom is -0.119 e. The molecule has 0 aliphatic carbocycles. The van der Waals surface area contributed by atoms with Crippen molar-refractivity contribution in [1.82, 2.24) is 0 Å². The van der Waals surface area contributed by atoms with Gasteiger partial charge in [0.05, 0.1) is 0 Å². The highest BCUT2D eigenvalue weighted by atomic mass is 79.9. The third-order valence-corrected chi connectivity index (χ3v) is 5.36. The molecule has 1 unspecified atom stereocenters. The van der Waals surface area contributed by atoms with Crippen LogP contribution < -0.4 is 0 Å². The normalized spacial score (nSPS) is 17.1. The highest BCUT2D eigenvalue weighted by Gasteiger charge is 2.32. The maximum Gasteiger partial charge on any atom is 0.0461 e. The Bertz CT molecular complexity index is 144. The number of hydrogen-bond donors (Lipinski definition) is 0. The number of alkyl halides is 4. The molecule has 0 aromatic carbocycles. The molecule has 1 atom stereocenters. The fourth-order valence-corrected chi connectivity index (χ4v) is 3.88. The van der Waals surface area contributed by atoms with Crippen LogP contribution in [0.25, 0.3) is 0 Å². The molecule has 0 fully saturated rings. The smallest absolute Gasteiger partial charge is 0.0461 e. The van der Waals surface area contributed by atoms with Crippen molar-refractivity contribution in [3.05, 3.63) is 6.92 Å². The van der Waals surface area contributed by atoms with E-state index in [1.165, 1.54) is 0 Å². The van der Waals surface area contributed by atoms with E-state index in [0.29, 0.717) is 0 Å². The van der Waals surface area contributed by atoms with Gasteiger partial charge in [-0.2, -0.15) is 0 Å². The predicted molar refractivity (Wildman–Crippen MR) is 72.7 cm³/mol. The Kier molecular flexibility index (Phi) is 7.19. The Hall–Kier alpha value is 1.73. The molecule has 0 saturated heterocycles. The fourth-order valence-electron chi connectivity index (χ4n) is 1.15. The van der Waals surface area contributed by atoms with Gasteiger partial charge in [0.1, 0.15) is 0 Å². The van der Waals surface area contributed by atoms with E-state index in [1.54, 1.807) is 0 Å². The fraction of sp³-hybridized carbons (Fsp3) is 0.889. The van der Waals surface area contributed by atoms with E-state index in [4.69, 9.17) is 11.6 Å². The number of rotatable bonds is 6. The molecule has 0 nitrogen and oxygen atoms in total. The second-order valence-electron chi connectivity index (χ2n) is 3.84. The number of halogens is 4. The summed E-state index contributed by atoms with van der Waals surface area (Å²) in [6.45, 7) is 6.24. The largest absolute Gasteiger partial charge is 0.119 e. The second-order valence-corrected chi connectivity index (χ2v) is 6.56. The highest BCUT2D eigenvalue weighted by Crippen LogP contribution is 2.37. The van der Waals surface area contributed by atoms with Gasteiger partial charge >= 0.3 is 0 Å². The van der Waals surface area contributed by atoms with E-state index < -0.39 is 0 Å². The van der Waals surface area contributed by atoms with Gasteiger partial charge in [0.2, 0.25) is 0 Å². The zero-order valence-electron chi connectivity index (χ0n) is 7.75. The minimum atomic E-state index is -0.347. The predicted octanol–water partition coefficient (Wildman–Crippen LogP) is 4.77. The summed E-state index contributed by atoms with van der Waals surface area (Å²) in [4.78, 5) is -0.347. The lowest BCUT2D eigenvalue weighted by atomic mass is 9.84. The third-order valence-electron chi connectivity index (χ3n) is 1.93. The Balaban J connectivity index is 4.21. The Morgan fingerprint density at radius 3 is 2.00 bits per heavy atom. The molecule has 0 heterocycles. The summed E-state index contributed by atoms with van der Waals surface area (Å²) in [6, 6.07) is 0. The first-order chi connectivity index (χ1) is 5.89. The van der Waals surface area contributed by atoms with Crippen molar-refractivity contribution in [1.29, 1.82) is 0 Å². The Labute approximate surface area is 112 Å². The van der Waals surface area contributed by atoms with E-state index in [2.05, 4.69) is 61.6 Å². The van der Waals surface area contributed by atoms with E-state index >= 15 is 0 Å².